The molecule has 0 spiro atoms. The number of anilines is 2. The van der Waals surface area contributed by atoms with Crippen LogP contribution >= 0.6 is 0 Å². The van der Waals surface area contributed by atoms with E-state index in [0.29, 0.717) is 4.90 Å². The van der Waals surface area contributed by atoms with Crippen LogP contribution < -0.4 is 10.2 Å². The topological polar surface area (TPSA) is 156 Å². The van der Waals surface area contributed by atoms with Crippen molar-refractivity contribution in [1.82, 2.24) is 19.7 Å². The molecule has 3 aromatic rings. The number of amides is 2. The van der Waals surface area contributed by atoms with Gasteiger partial charge in [0, 0.05) is 24.6 Å². The number of nitrogens with one attached hydrogen (secondary N) is 1. The van der Waals surface area contributed by atoms with Gasteiger partial charge in [0.05, 0.1) is 11.7 Å². The highest BCUT2D eigenvalue weighted by Gasteiger charge is 2.37. The van der Waals surface area contributed by atoms with Crippen LogP contribution in [0, 0.1) is 5.92 Å². The van der Waals surface area contributed by atoms with Crippen molar-refractivity contribution in [3.63, 3.8) is 0 Å². The van der Waals surface area contributed by atoms with Gasteiger partial charge in [0.1, 0.15) is 35.5 Å². The van der Waals surface area contributed by atoms with E-state index in [1.165, 1.54) is 39.1 Å². The summed E-state index contributed by atoms with van der Waals surface area (Å²) in [6.07, 6.45) is 1.19. The summed E-state index contributed by atoms with van der Waals surface area (Å²) < 4.78 is 52.3. The molecule has 1 saturated carbocycles. The minimum Gasteiger partial charge on any atom is -0.444 e. The number of aliphatic hydroxyl groups is 2. The van der Waals surface area contributed by atoms with Crippen molar-refractivity contribution in [2.24, 2.45) is 5.92 Å². The number of alkyl halides is 3. The summed E-state index contributed by atoms with van der Waals surface area (Å²) in [4.78, 5) is 34.2. The second kappa shape index (κ2) is 12.6. The second-order valence-corrected chi connectivity index (χ2v) is 12.4. The summed E-state index contributed by atoms with van der Waals surface area (Å²) in [5.41, 5.74) is -1.88. The number of carbonyl (C=O) groups excluding carboxylic acids is 2. The van der Waals surface area contributed by atoms with E-state index in [9.17, 15) is 33.0 Å². The zero-order chi connectivity index (χ0) is 32.4. The maximum Gasteiger partial charge on any atom is 0.416 e. The van der Waals surface area contributed by atoms with Gasteiger partial charge in [-0.2, -0.15) is 18.3 Å². The Bertz CT molecular complexity index is 1470. The predicted molar refractivity (Wildman–Crippen MR) is 153 cm³/mol. The summed E-state index contributed by atoms with van der Waals surface area (Å²) in [6.45, 7) is 6.17. The maximum atomic E-state index is 13.3. The van der Waals surface area contributed by atoms with E-state index < -0.39 is 35.9 Å². The van der Waals surface area contributed by atoms with E-state index in [1.54, 1.807) is 24.7 Å². The Morgan fingerprint density at radius 1 is 1.16 bits per heavy atom. The number of aliphatic hydroxyl groups excluding tert-OH is 1. The molecule has 0 aliphatic heterocycles. The molecule has 0 radical (unpaired) electrons. The number of hydrogen-bond acceptors (Lipinski definition) is 9. The Balaban J connectivity index is 1.55. The smallest absolute Gasteiger partial charge is 0.416 e. The van der Waals surface area contributed by atoms with Crippen molar-refractivity contribution in [3.8, 4) is 11.5 Å². The van der Waals surface area contributed by atoms with Crippen molar-refractivity contribution in [2.45, 2.75) is 83.7 Å². The summed E-state index contributed by atoms with van der Waals surface area (Å²) >= 11 is 0. The number of aromatic nitrogens is 4. The molecule has 1 aliphatic rings. The van der Waals surface area contributed by atoms with Crippen LogP contribution in [0.25, 0.3) is 11.5 Å². The fraction of sp³-hybridized carbons (Fsp3) is 0.552. The van der Waals surface area contributed by atoms with Crippen LogP contribution in [0.15, 0.2) is 35.2 Å². The number of carbonyl (C=O) groups is 2. The first-order valence-corrected chi connectivity index (χ1v) is 14.2. The molecular formula is C29H37F3N6O6. The van der Waals surface area contributed by atoms with Crippen molar-refractivity contribution >= 4 is 23.5 Å². The van der Waals surface area contributed by atoms with Crippen LogP contribution in [0.1, 0.15) is 82.5 Å². The van der Waals surface area contributed by atoms with Gasteiger partial charge in [-0.1, -0.05) is 0 Å². The zero-order valence-electron chi connectivity index (χ0n) is 25.2. The highest BCUT2D eigenvalue weighted by atomic mass is 19.4. The van der Waals surface area contributed by atoms with E-state index in [1.807, 2.05) is 0 Å². The Hall–Kier alpha value is -3.98. The second-order valence-electron chi connectivity index (χ2n) is 12.4. The average molecular weight is 623 g/mol. The Kier molecular flexibility index (Phi) is 9.40. The normalized spacial score (nSPS) is 17.8. The number of halogens is 3. The molecule has 3 heterocycles. The molecule has 1 fully saturated rings. The fourth-order valence-corrected chi connectivity index (χ4v) is 4.85. The molecule has 4 rings (SSSR count). The van der Waals surface area contributed by atoms with Crippen molar-refractivity contribution < 1.29 is 42.1 Å². The third-order valence-electron chi connectivity index (χ3n) is 6.97. The van der Waals surface area contributed by atoms with Crippen LogP contribution in [0.4, 0.5) is 29.5 Å². The van der Waals surface area contributed by atoms with Gasteiger partial charge in [-0.3, -0.25) is 14.4 Å². The van der Waals surface area contributed by atoms with E-state index >= 15 is 0 Å². The van der Waals surface area contributed by atoms with Gasteiger partial charge in [0.15, 0.2) is 5.69 Å². The van der Waals surface area contributed by atoms with Crippen LogP contribution in [0.2, 0.25) is 0 Å². The molecule has 15 heteroatoms. The van der Waals surface area contributed by atoms with Crippen LogP contribution in [-0.4, -0.2) is 66.9 Å². The van der Waals surface area contributed by atoms with Crippen molar-refractivity contribution in [1.29, 1.82) is 0 Å². The van der Waals surface area contributed by atoms with E-state index in [2.05, 4.69) is 20.4 Å². The van der Waals surface area contributed by atoms with Gasteiger partial charge in [-0.25, -0.2) is 14.8 Å². The van der Waals surface area contributed by atoms with Gasteiger partial charge in [0.25, 0.3) is 5.91 Å². The third kappa shape index (κ3) is 8.34. The van der Waals surface area contributed by atoms with Gasteiger partial charge in [-0.15, -0.1) is 0 Å². The molecule has 240 valence electrons. The van der Waals surface area contributed by atoms with Crippen molar-refractivity contribution in [2.75, 3.05) is 23.4 Å². The molecule has 0 unspecified atom stereocenters. The van der Waals surface area contributed by atoms with Crippen molar-refractivity contribution in [3.05, 3.63) is 42.2 Å². The summed E-state index contributed by atoms with van der Waals surface area (Å²) in [6, 6.07) is 2.62. The first-order valence-electron chi connectivity index (χ1n) is 14.2. The molecule has 0 aromatic carbocycles. The Morgan fingerprint density at radius 3 is 2.43 bits per heavy atom. The molecule has 2 amide bonds. The van der Waals surface area contributed by atoms with Crippen LogP contribution in [0.3, 0.4) is 0 Å². The number of hydrogen-bond donors (Lipinski definition) is 3. The maximum absolute atomic E-state index is 13.3. The van der Waals surface area contributed by atoms with E-state index in [4.69, 9.17) is 9.15 Å². The van der Waals surface area contributed by atoms with E-state index in [-0.39, 0.29) is 52.9 Å². The highest BCUT2D eigenvalue weighted by Crippen LogP contribution is 2.35. The molecule has 3 N–H and O–H groups in total. The number of pyridine rings is 1. The van der Waals surface area contributed by atoms with Gasteiger partial charge >= 0.3 is 12.3 Å². The minimum absolute atomic E-state index is 0.0432. The standard InChI is InChI=1S/C29H37F3N6O6/c1-27(2,3)44-26(41)37(16-29(30,31)32)22-12-18(10-11-33-22)25-35-21(15-43-25)24(40)34-20-13-38(36-23(20)28(4,5)42)19-8-6-17(14-39)7-9-19/h10-13,15,17,19,39,42H,6-9,14,16H2,1-5H3,(H,34,40). The molecule has 3 aromatic heterocycles. The average Bonchev–Trinajstić information content (AvgIpc) is 3.59. The number of oxazole rings is 1. The lowest BCUT2D eigenvalue weighted by Gasteiger charge is -2.27. The van der Waals surface area contributed by atoms with Crippen LogP contribution in [0.5, 0.6) is 0 Å². The summed E-state index contributed by atoms with van der Waals surface area (Å²) in [5, 5.41) is 27.5. The van der Waals surface area contributed by atoms with Gasteiger partial charge < -0.3 is 24.7 Å². The lowest BCUT2D eigenvalue weighted by atomic mass is 9.87. The molecule has 0 bridgehead atoms. The lowest BCUT2D eigenvalue weighted by Crippen LogP contribution is -2.42. The number of rotatable bonds is 8. The van der Waals surface area contributed by atoms with Gasteiger partial charge in [0.2, 0.25) is 5.89 Å². The minimum atomic E-state index is -4.74. The number of nitrogens with zero attached hydrogens (tertiary/aromatic N) is 5. The summed E-state index contributed by atoms with van der Waals surface area (Å²) in [7, 11) is 0. The Morgan fingerprint density at radius 2 is 1.84 bits per heavy atom. The van der Waals surface area contributed by atoms with E-state index in [0.717, 1.165) is 31.9 Å². The first kappa shape index (κ1) is 32.9. The number of ether oxygens (including phenoxy) is 1. The molecular weight excluding hydrogens is 585 g/mol. The molecule has 1 aliphatic carbocycles. The largest absolute Gasteiger partial charge is 0.444 e. The lowest BCUT2D eigenvalue weighted by molar-refractivity contribution is -0.119. The molecule has 44 heavy (non-hydrogen) atoms. The monoisotopic (exact) mass is 622 g/mol. The van der Waals surface area contributed by atoms with Gasteiger partial charge in [-0.05, 0) is 78.4 Å². The summed E-state index contributed by atoms with van der Waals surface area (Å²) in [5.74, 6) is -0.879. The molecule has 12 nitrogen and oxygen atoms in total. The predicted octanol–water partition coefficient (Wildman–Crippen LogP) is 5.44. The Labute approximate surface area is 252 Å². The molecule has 0 saturated heterocycles. The van der Waals surface area contributed by atoms with Crippen LogP contribution in [-0.2, 0) is 10.3 Å². The fourth-order valence-electron chi connectivity index (χ4n) is 4.85. The molecule has 0 atom stereocenters. The SMILES string of the molecule is CC(C)(C)OC(=O)N(CC(F)(F)F)c1cc(-c2nc(C(=O)Nc3cn(C4CCC(CO)CC4)nc3C(C)(C)O)co2)ccn1. The zero-order valence-corrected chi connectivity index (χ0v) is 25.2. The highest BCUT2D eigenvalue weighted by molar-refractivity contribution is 6.03. The quantitative estimate of drug-likeness (QED) is 0.298. The third-order valence-corrected chi connectivity index (χ3v) is 6.97. The first-order chi connectivity index (χ1) is 20.4.